The molecule has 29 heavy (non-hydrogen) atoms. The third-order valence-corrected chi connectivity index (χ3v) is 5.38. The molecule has 1 amide bonds. The molecule has 1 saturated heterocycles. The van der Waals surface area contributed by atoms with Gasteiger partial charge in [0.05, 0.1) is 7.11 Å². The zero-order chi connectivity index (χ0) is 20.5. The van der Waals surface area contributed by atoms with Crippen molar-refractivity contribution in [2.24, 2.45) is 0 Å². The van der Waals surface area contributed by atoms with Crippen molar-refractivity contribution in [3.8, 4) is 11.5 Å². The van der Waals surface area contributed by atoms with E-state index in [4.69, 9.17) is 9.47 Å². The summed E-state index contributed by atoms with van der Waals surface area (Å²) in [4.78, 5) is 16.9. The summed E-state index contributed by atoms with van der Waals surface area (Å²) in [7, 11) is 1.65. The normalized spacial score (nSPS) is 14.0. The number of hydrogen-bond donors (Lipinski definition) is 0. The van der Waals surface area contributed by atoms with Crippen LogP contribution >= 0.6 is 0 Å². The third-order valence-electron chi connectivity index (χ3n) is 5.38. The minimum absolute atomic E-state index is 0.187. The molecule has 2 aromatic carbocycles. The van der Waals surface area contributed by atoms with Crippen LogP contribution in [0.4, 0.5) is 0 Å². The molecule has 0 saturated carbocycles. The number of amides is 1. The largest absolute Gasteiger partial charge is 0.493 e. The van der Waals surface area contributed by atoms with Crippen molar-refractivity contribution in [3.05, 3.63) is 59.7 Å². The maximum atomic E-state index is 12.5. The van der Waals surface area contributed by atoms with Gasteiger partial charge in [-0.1, -0.05) is 43.3 Å². The lowest BCUT2D eigenvalue weighted by Gasteiger charge is -2.25. The molecule has 156 valence electrons. The van der Waals surface area contributed by atoms with Crippen LogP contribution in [0.3, 0.4) is 0 Å². The Morgan fingerprint density at radius 2 is 1.79 bits per heavy atom. The molecule has 5 nitrogen and oxygen atoms in total. The number of methoxy groups -OCH3 is 1. The lowest BCUT2D eigenvalue weighted by molar-refractivity contribution is -0.131. The molecule has 1 aliphatic rings. The molecule has 1 aliphatic heterocycles. The van der Waals surface area contributed by atoms with Crippen LogP contribution in [0.5, 0.6) is 11.5 Å². The van der Waals surface area contributed by atoms with E-state index in [2.05, 4.69) is 4.90 Å². The molecule has 1 heterocycles. The van der Waals surface area contributed by atoms with E-state index in [1.165, 1.54) is 12.8 Å². The Balaban J connectivity index is 1.67. The number of ether oxygens (including phenoxy) is 2. The Kier molecular flexibility index (Phi) is 7.94. The zero-order valence-corrected chi connectivity index (χ0v) is 17.6. The van der Waals surface area contributed by atoms with E-state index in [1.807, 2.05) is 60.4 Å². The highest BCUT2D eigenvalue weighted by molar-refractivity contribution is 5.75. The van der Waals surface area contributed by atoms with Crippen LogP contribution in [0.25, 0.3) is 0 Å². The first-order valence-electron chi connectivity index (χ1n) is 10.5. The van der Waals surface area contributed by atoms with E-state index in [0.29, 0.717) is 31.1 Å². The summed E-state index contributed by atoms with van der Waals surface area (Å²) >= 11 is 0. The van der Waals surface area contributed by atoms with Crippen molar-refractivity contribution in [2.75, 3.05) is 33.3 Å². The Labute approximate surface area is 174 Å². The van der Waals surface area contributed by atoms with Gasteiger partial charge in [-0.3, -0.25) is 4.79 Å². The number of rotatable bonds is 10. The van der Waals surface area contributed by atoms with Crippen LogP contribution in [-0.4, -0.2) is 49.0 Å². The summed E-state index contributed by atoms with van der Waals surface area (Å²) in [5, 5.41) is 0. The minimum Gasteiger partial charge on any atom is -0.493 e. The van der Waals surface area contributed by atoms with Crippen molar-refractivity contribution < 1.29 is 14.3 Å². The zero-order valence-electron chi connectivity index (χ0n) is 17.6. The summed E-state index contributed by atoms with van der Waals surface area (Å²) < 4.78 is 11.5. The number of carbonyl (C=O) groups is 1. The summed E-state index contributed by atoms with van der Waals surface area (Å²) in [5.41, 5.74) is 2.16. The lowest BCUT2D eigenvalue weighted by Crippen LogP contribution is -2.37. The minimum atomic E-state index is 0.187. The van der Waals surface area contributed by atoms with Gasteiger partial charge < -0.3 is 19.3 Å². The van der Waals surface area contributed by atoms with Gasteiger partial charge in [-0.2, -0.15) is 0 Å². The average Bonchev–Trinajstić information content (AvgIpc) is 3.29. The molecule has 3 rings (SSSR count). The Bertz CT molecular complexity index is 773. The molecule has 0 N–H and O–H groups in total. The smallest absolute Gasteiger partial charge is 0.222 e. The van der Waals surface area contributed by atoms with E-state index in [0.717, 1.165) is 37.3 Å². The second kappa shape index (κ2) is 10.9. The van der Waals surface area contributed by atoms with E-state index in [-0.39, 0.29) is 5.91 Å². The summed E-state index contributed by atoms with van der Waals surface area (Å²) in [6.45, 7) is 6.99. The van der Waals surface area contributed by atoms with Gasteiger partial charge in [-0.25, -0.2) is 0 Å². The molecule has 0 aromatic heterocycles. The Morgan fingerprint density at radius 3 is 2.48 bits per heavy atom. The molecular formula is C24H32N2O3. The maximum absolute atomic E-state index is 12.5. The van der Waals surface area contributed by atoms with Gasteiger partial charge in [0, 0.05) is 26.1 Å². The van der Waals surface area contributed by atoms with Gasteiger partial charge in [0.15, 0.2) is 11.5 Å². The average molecular weight is 397 g/mol. The second-order valence-electron chi connectivity index (χ2n) is 7.48. The Hall–Kier alpha value is -2.53. The van der Waals surface area contributed by atoms with Gasteiger partial charge in [0.1, 0.15) is 6.61 Å². The second-order valence-corrected chi connectivity index (χ2v) is 7.48. The maximum Gasteiger partial charge on any atom is 0.222 e. The van der Waals surface area contributed by atoms with Crippen molar-refractivity contribution in [1.82, 2.24) is 9.80 Å². The number of carbonyl (C=O) groups excluding carboxylic acids is 1. The molecule has 5 heteroatoms. The first kappa shape index (κ1) is 21.2. The van der Waals surface area contributed by atoms with Crippen molar-refractivity contribution >= 4 is 5.91 Å². The van der Waals surface area contributed by atoms with Crippen molar-refractivity contribution in [3.63, 3.8) is 0 Å². The third kappa shape index (κ3) is 6.23. The number of hydrogen-bond acceptors (Lipinski definition) is 4. The van der Waals surface area contributed by atoms with E-state index < -0.39 is 0 Å². The topological polar surface area (TPSA) is 42.0 Å². The summed E-state index contributed by atoms with van der Waals surface area (Å²) in [6.07, 6.45) is 3.05. The van der Waals surface area contributed by atoms with Gasteiger partial charge >= 0.3 is 0 Å². The fraction of sp³-hybridized carbons (Fsp3) is 0.458. The van der Waals surface area contributed by atoms with Gasteiger partial charge in [0.25, 0.3) is 0 Å². The molecule has 0 unspecified atom stereocenters. The molecule has 0 bridgehead atoms. The Morgan fingerprint density at radius 1 is 1.03 bits per heavy atom. The van der Waals surface area contributed by atoms with E-state index >= 15 is 0 Å². The monoisotopic (exact) mass is 396 g/mol. The van der Waals surface area contributed by atoms with Crippen LogP contribution in [0.1, 0.15) is 37.3 Å². The first-order valence-corrected chi connectivity index (χ1v) is 10.5. The van der Waals surface area contributed by atoms with Crippen LogP contribution in [0.15, 0.2) is 48.5 Å². The molecule has 1 fully saturated rings. The summed E-state index contributed by atoms with van der Waals surface area (Å²) in [6, 6.07) is 16.0. The highest BCUT2D eigenvalue weighted by Gasteiger charge is 2.17. The standard InChI is InChI=1S/C24H32N2O3/c1-3-24(27)26(16-15-25-13-7-8-14-25)18-21-11-12-22(28-2)23(17-21)29-19-20-9-5-4-6-10-20/h4-6,9-12,17H,3,7-8,13-16,18-19H2,1-2H3. The molecule has 0 spiro atoms. The SMILES string of the molecule is CCC(=O)N(CCN1CCCC1)Cc1ccc(OC)c(OCc2ccccc2)c1. The number of benzene rings is 2. The molecular weight excluding hydrogens is 364 g/mol. The quantitative estimate of drug-likeness (QED) is 0.606. The van der Waals surface area contributed by atoms with Crippen LogP contribution in [-0.2, 0) is 17.9 Å². The molecule has 0 atom stereocenters. The number of nitrogens with zero attached hydrogens (tertiary/aromatic N) is 2. The van der Waals surface area contributed by atoms with Crippen LogP contribution in [0.2, 0.25) is 0 Å². The lowest BCUT2D eigenvalue weighted by atomic mass is 10.1. The number of likely N-dealkylation sites (tertiary alicyclic amines) is 1. The molecule has 0 radical (unpaired) electrons. The van der Waals surface area contributed by atoms with Gasteiger partial charge in [0.2, 0.25) is 5.91 Å². The van der Waals surface area contributed by atoms with Gasteiger partial charge in [-0.05, 0) is 49.2 Å². The fourth-order valence-corrected chi connectivity index (χ4v) is 3.67. The molecule has 0 aliphatic carbocycles. The summed E-state index contributed by atoms with van der Waals surface area (Å²) in [5.74, 6) is 1.60. The van der Waals surface area contributed by atoms with Crippen molar-refractivity contribution in [2.45, 2.75) is 39.3 Å². The van der Waals surface area contributed by atoms with E-state index in [9.17, 15) is 4.79 Å². The highest BCUT2D eigenvalue weighted by Crippen LogP contribution is 2.29. The van der Waals surface area contributed by atoms with Crippen LogP contribution < -0.4 is 9.47 Å². The highest BCUT2D eigenvalue weighted by atomic mass is 16.5. The first-order chi connectivity index (χ1) is 14.2. The fourth-order valence-electron chi connectivity index (χ4n) is 3.67. The van der Waals surface area contributed by atoms with Gasteiger partial charge in [-0.15, -0.1) is 0 Å². The van der Waals surface area contributed by atoms with Crippen molar-refractivity contribution in [1.29, 1.82) is 0 Å². The predicted octanol–water partition coefficient (Wildman–Crippen LogP) is 4.11. The predicted molar refractivity (Wildman–Crippen MR) is 115 cm³/mol. The van der Waals surface area contributed by atoms with Crippen LogP contribution in [0, 0.1) is 0 Å². The van der Waals surface area contributed by atoms with E-state index in [1.54, 1.807) is 7.11 Å². The molecule has 2 aromatic rings.